The molecule has 0 spiro atoms. The number of esters is 1. The van der Waals surface area contributed by atoms with Gasteiger partial charge in [-0.2, -0.15) is 0 Å². The molecular formula is C19H18N2O8S. The van der Waals surface area contributed by atoms with Crippen LogP contribution in [0.5, 0.6) is 5.75 Å². The summed E-state index contributed by atoms with van der Waals surface area (Å²) >= 11 is 0. The maximum Gasteiger partial charge on any atom is 0.321 e. The van der Waals surface area contributed by atoms with Crippen LogP contribution in [0.25, 0.3) is 6.08 Å². The van der Waals surface area contributed by atoms with Crippen molar-refractivity contribution < 1.29 is 32.3 Å². The van der Waals surface area contributed by atoms with Crippen LogP contribution in [0.2, 0.25) is 0 Å². The first-order chi connectivity index (χ1) is 14.3. The van der Waals surface area contributed by atoms with Crippen molar-refractivity contribution in [1.82, 2.24) is 4.72 Å². The number of hydrogen-bond acceptors (Lipinski definition) is 8. The number of nitrogens with zero attached hydrogens (tertiary/aromatic N) is 1. The van der Waals surface area contributed by atoms with E-state index in [-0.39, 0.29) is 25.7 Å². The molecule has 2 aromatic rings. The molecule has 0 fully saturated rings. The molecule has 0 atom stereocenters. The number of fused-ring (bicyclic) bond motifs is 1. The molecule has 158 valence electrons. The van der Waals surface area contributed by atoms with E-state index >= 15 is 0 Å². The molecule has 0 bridgehead atoms. The number of nitro groups is 1. The van der Waals surface area contributed by atoms with Gasteiger partial charge in [0.2, 0.25) is 10.0 Å². The lowest BCUT2D eigenvalue weighted by Gasteiger charge is -2.20. The minimum Gasteiger partial charge on any atom is -0.467 e. The molecule has 2 aromatic carbocycles. The summed E-state index contributed by atoms with van der Waals surface area (Å²) in [5.41, 5.74) is 1.25. The van der Waals surface area contributed by atoms with E-state index in [2.05, 4.69) is 4.72 Å². The Hall–Kier alpha value is -3.28. The van der Waals surface area contributed by atoms with E-state index in [1.165, 1.54) is 18.2 Å². The van der Waals surface area contributed by atoms with E-state index < -0.39 is 27.5 Å². The van der Waals surface area contributed by atoms with Gasteiger partial charge in [0.1, 0.15) is 18.9 Å². The summed E-state index contributed by atoms with van der Waals surface area (Å²) in [7, 11) is -3.85. The molecule has 0 saturated heterocycles. The average Bonchev–Trinajstić information content (AvgIpc) is 2.75. The summed E-state index contributed by atoms with van der Waals surface area (Å²) in [5.74, 6) is -0.495. The highest BCUT2D eigenvalue weighted by atomic mass is 32.2. The summed E-state index contributed by atoms with van der Waals surface area (Å²) in [6, 6.07) is 11.4. The van der Waals surface area contributed by atoms with E-state index in [0.29, 0.717) is 22.4 Å². The van der Waals surface area contributed by atoms with Crippen molar-refractivity contribution in [2.24, 2.45) is 0 Å². The Bertz CT molecular complexity index is 1070. The topological polar surface area (TPSA) is 134 Å². The molecule has 10 nitrogen and oxygen atoms in total. The minimum atomic E-state index is -3.85. The smallest absolute Gasteiger partial charge is 0.321 e. The number of nitro benzene ring substituents is 1. The number of carbonyl (C=O) groups is 1. The lowest BCUT2D eigenvalue weighted by atomic mass is 10.1. The van der Waals surface area contributed by atoms with Gasteiger partial charge in [0.25, 0.3) is 5.69 Å². The fourth-order valence-electron chi connectivity index (χ4n) is 2.64. The average molecular weight is 434 g/mol. The predicted molar refractivity (Wildman–Crippen MR) is 106 cm³/mol. The number of sulfonamides is 1. The Labute approximate surface area is 172 Å². The molecule has 0 amide bonds. The van der Waals surface area contributed by atoms with Gasteiger partial charge in [0.15, 0.2) is 6.79 Å². The van der Waals surface area contributed by atoms with Crippen LogP contribution >= 0.6 is 0 Å². The standard InChI is InChI=1S/C19H18N2O8S/c22-18(10-20-30(25,26)7-6-14-4-2-1-3-5-14)28-12-16-9-17(21(23)24)8-15-11-27-13-29-19(15)16/h1-9,20H,10-13H2. The number of non-ortho nitro benzene ring substituents is 1. The quantitative estimate of drug-likeness (QED) is 0.379. The zero-order valence-corrected chi connectivity index (χ0v) is 16.5. The Morgan fingerprint density at radius 1 is 1.27 bits per heavy atom. The van der Waals surface area contributed by atoms with Crippen LogP contribution in [-0.2, 0) is 37.5 Å². The van der Waals surface area contributed by atoms with E-state index in [1.807, 2.05) is 0 Å². The normalized spacial score (nSPS) is 13.5. The molecule has 0 saturated carbocycles. The summed E-state index contributed by atoms with van der Waals surface area (Å²) in [6.07, 6.45) is 1.39. The number of carbonyl (C=O) groups excluding carboxylic acids is 1. The zero-order chi connectivity index (χ0) is 21.6. The SMILES string of the molecule is O=C(CNS(=O)(=O)C=Cc1ccccc1)OCc1cc([N+](=O)[O-])cc2c1OCOC2. The third kappa shape index (κ3) is 5.86. The van der Waals surface area contributed by atoms with Crippen molar-refractivity contribution in [2.75, 3.05) is 13.3 Å². The Morgan fingerprint density at radius 2 is 2.03 bits per heavy atom. The maximum atomic E-state index is 12.0. The van der Waals surface area contributed by atoms with Gasteiger partial charge in [0.05, 0.1) is 11.5 Å². The van der Waals surface area contributed by atoms with Gasteiger partial charge in [-0.15, -0.1) is 0 Å². The van der Waals surface area contributed by atoms with Crippen LogP contribution in [-0.4, -0.2) is 32.6 Å². The Morgan fingerprint density at radius 3 is 2.77 bits per heavy atom. The molecule has 11 heteroatoms. The van der Waals surface area contributed by atoms with Gasteiger partial charge >= 0.3 is 5.97 Å². The van der Waals surface area contributed by atoms with Crippen LogP contribution in [0.4, 0.5) is 5.69 Å². The monoisotopic (exact) mass is 434 g/mol. The maximum absolute atomic E-state index is 12.0. The van der Waals surface area contributed by atoms with Gasteiger partial charge in [-0.3, -0.25) is 14.9 Å². The minimum absolute atomic E-state index is 0.0285. The second kappa shape index (κ2) is 9.48. The summed E-state index contributed by atoms with van der Waals surface area (Å²) in [4.78, 5) is 22.5. The highest BCUT2D eigenvalue weighted by Gasteiger charge is 2.22. The number of hydrogen-bond donors (Lipinski definition) is 1. The van der Waals surface area contributed by atoms with Crippen LogP contribution < -0.4 is 9.46 Å². The highest BCUT2D eigenvalue weighted by Crippen LogP contribution is 2.33. The molecule has 1 heterocycles. The zero-order valence-electron chi connectivity index (χ0n) is 15.6. The Balaban J connectivity index is 1.59. The molecular weight excluding hydrogens is 416 g/mol. The van der Waals surface area contributed by atoms with E-state index in [0.717, 1.165) is 5.41 Å². The molecule has 30 heavy (non-hydrogen) atoms. The molecule has 1 aliphatic rings. The number of rotatable bonds is 8. The van der Waals surface area contributed by atoms with Crippen molar-refractivity contribution in [2.45, 2.75) is 13.2 Å². The second-order valence-electron chi connectivity index (χ2n) is 6.20. The van der Waals surface area contributed by atoms with Crippen LogP contribution in [0.1, 0.15) is 16.7 Å². The molecule has 1 aliphatic heterocycles. The van der Waals surface area contributed by atoms with E-state index in [9.17, 15) is 23.3 Å². The van der Waals surface area contributed by atoms with E-state index in [4.69, 9.17) is 14.2 Å². The number of nitrogens with one attached hydrogen (secondary N) is 1. The first-order valence-electron chi connectivity index (χ1n) is 8.73. The summed E-state index contributed by atoms with van der Waals surface area (Å²) < 4.78 is 41.6. The van der Waals surface area contributed by atoms with Crippen molar-refractivity contribution in [3.63, 3.8) is 0 Å². The van der Waals surface area contributed by atoms with Gasteiger partial charge in [0, 0.05) is 28.7 Å². The highest BCUT2D eigenvalue weighted by molar-refractivity contribution is 7.92. The molecule has 0 radical (unpaired) electrons. The predicted octanol–water partition coefficient (Wildman–Crippen LogP) is 2.09. The molecule has 1 N–H and O–H groups in total. The molecule has 0 aliphatic carbocycles. The van der Waals surface area contributed by atoms with Gasteiger partial charge in [-0.05, 0) is 11.6 Å². The third-order valence-corrected chi connectivity index (χ3v) is 5.07. The van der Waals surface area contributed by atoms with E-state index in [1.54, 1.807) is 30.3 Å². The number of ether oxygens (including phenoxy) is 3. The van der Waals surface area contributed by atoms with Crippen LogP contribution in [0.3, 0.4) is 0 Å². The first kappa shape index (κ1) is 21.4. The molecule has 0 aromatic heterocycles. The fourth-order valence-corrected chi connectivity index (χ4v) is 3.39. The van der Waals surface area contributed by atoms with Gasteiger partial charge in [-0.25, -0.2) is 13.1 Å². The molecule has 0 unspecified atom stereocenters. The van der Waals surface area contributed by atoms with Crippen molar-refractivity contribution in [3.05, 3.63) is 74.7 Å². The lowest BCUT2D eigenvalue weighted by molar-refractivity contribution is -0.385. The van der Waals surface area contributed by atoms with Crippen molar-refractivity contribution in [1.29, 1.82) is 0 Å². The largest absolute Gasteiger partial charge is 0.467 e. The Kier molecular flexibility index (Phi) is 6.77. The fraction of sp³-hybridized carbons (Fsp3) is 0.211. The van der Waals surface area contributed by atoms with Gasteiger partial charge in [-0.1, -0.05) is 30.3 Å². The van der Waals surface area contributed by atoms with Crippen LogP contribution in [0.15, 0.2) is 47.9 Å². The molecule has 3 rings (SSSR count). The van der Waals surface area contributed by atoms with Crippen molar-refractivity contribution >= 4 is 27.8 Å². The number of benzene rings is 2. The van der Waals surface area contributed by atoms with Gasteiger partial charge < -0.3 is 14.2 Å². The first-order valence-corrected chi connectivity index (χ1v) is 10.3. The summed E-state index contributed by atoms with van der Waals surface area (Å²) in [6.45, 7) is -0.808. The summed E-state index contributed by atoms with van der Waals surface area (Å²) in [5, 5.41) is 12.0. The third-order valence-electron chi connectivity index (χ3n) is 4.03. The lowest BCUT2D eigenvalue weighted by Crippen LogP contribution is -2.29. The van der Waals surface area contributed by atoms with Crippen LogP contribution in [0, 0.1) is 10.1 Å². The van der Waals surface area contributed by atoms with Crippen molar-refractivity contribution in [3.8, 4) is 5.75 Å². The second-order valence-corrected chi connectivity index (χ2v) is 7.85.